The topological polar surface area (TPSA) is 18.5 Å². The fraction of sp³-hybridized carbons (Fsp3) is 1.00. The van der Waals surface area contributed by atoms with E-state index in [1.165, 1.54) is 25.7 Å². The summed E-state index contributed by atoms with van der Waals surface area (Å²) in [5.74, 6) is 0. The van der Waals surface area contributed by atoms with E-state index in [1.54, 1.807) is 0 Å². The van der Waals surface area contributed by atoms with E-state index in [4.69, 9.17) is 21.1 Å². The highest BCUT2D eigenvalue weighted by molar-refractivity contribution is 6.20. The van der Waals surface area contributed by atoms with Crippen molar-refractivity contribution in [1.29, 1.82) is 0 Å². The number of rotatable bonds is 6. The smallest absolute Gasteiger partial charge is 0.173 e. The van der Waals surface area contributed by atoms with Crippen LogP contribution >= 0.6 is 11.6 Å². The van der Waals surface area contributed by atoms with Crippen molar-refractivity contribution in [2.24, 2.45) is 0 Å². The number of ether oxygens (including phenoxy) is 2. The first-order chi connectivity index (χ1) is 6.34. The van der Waals surface area contributed by atoms with Crippen molar-refractivity contribution in [2.75, 3.05) is 13.2 Å². The van der Waals surface area contributed by atoms with E-state index in [0.29, 0.717) is 13.2 Å². The highest BCUT2D eigenvalue weighted by Gasteiger charge is 2.24. The Morgan fingerprint density at radius 1 is 1.23 bits per heavy atom. The number of hydrogen-bond acceptors (Lipinski definition) is 2. The first-order valence-corrected chi connectivity index (χ1v) is 5.65. The summed E-state index contributed by atoms with van der Waals surface area (Å²) in [6.45, 7) is 3.60. The van der Waals surface area contributed by atoms with Crippen molar-refractivity contribution < 1.29 is 9.47 Å². The van der Waals surface area contributed by atoms with Crippen LogP contribution in [0.15, 0.2) is 0 Å². The summed E-state index contributed by atoms with van der Waals surface area (Å²) >= 11 is 6.12. The van der Waals surface area contributed by atoms with Crippen molar-refractivity contribution in [3.05, 3.63) is 0 Å². The van der Waals surface area contributed by atoms with Crippen molar-refractivity contribution in [3.63, 3.8) is 0 Å². The fourth-order valence-corrected chi connectivity index (χ4v) is 1.79. The predicted octanol–water partition coefficient (Wildman–Crippen LogP) is 2.94. The molecule has 13 heavy (non-hydrogen) atoms. The van der Waals surface area contributed by atoms with E-state index >= 15 is 0 Å². The summed E-state index contributed by atoms with van der Waals surface area (Å²) in [6, 6.07) is 0. The van der Waals surface area contributed by atoms with Gasteiger partial charge in [0.1, 0.15) is 0 Å². The van der Waals surface area contributed by atoms with E-state index in [0.717, 1.165) is 6.42 Å². The number of unbranched alkanes of at least 4 members (excludes halogenated alkanes) is 3. The third-order valence-electron chi connectivity index (χ3n) is 2.28. The van der Waals surface area contributed by atoms with Crippen LogP contribution in [-0.4, -0.2) is 24.9 Å². The Balaban J connectivity index is 1.99. The average molecular weight is 207 g/mol. The van der Waals surface area contributed by atoms with Crippen LogP contribution in [0.4, 0.5) is 0 Å². The second-order valence-electron chi connectivity index (χ2n) is 3.48. The lowest BCUT2D eigenvalue weighted by molar-refractivity contribution is -0.0448. The molecule has 0 saturated carbocycles. The van der Waals surface area contributed by atoms with Gasteiger partial charge in [0.25, 0.3) is 0 Å². The molecule has 78 valence electrons. The largest absolute Gasteiger partial charge is 0.349 e. The normalized spacial score (nSPS) is 20.8. The quantitative estimate of drug-likeness (QED) is 0.492. The van der Waals surface area contributed by atoms with Gasteiger partial charge in [-0.2, -0.15) is 0 Å². The molecule has 1 unspecified atom stereocenters. The molecule has 2 nitrogen and oxygen atoms in total. The van der Waals surface area contributed by atoms with Crippen LogP contribution in [0, 0.1) is 0 Å². The molecule has 0 aromatic carbocycles. The van der Waals surface area contributed by atoms with Crippen molar-refractivity contribution in [1.82, 2.24) is 0 Å². The molecule has 1 saturated heterocycles. The minimum atomic E-state index is -0.150. The molecule has 0 bridgehead atoms. The summed E-state index contributed by atoms with van der Waals surface area (Å²) in [5, 5.41) is 0.0411. The Morgan fingerprint density at radius 3 is 2.54 bits per heavy atom. The van der Waals surface area contributed by atoms with Crippen LogP contribution in [0.25, 0.3) is 0 Å². The number of hydrogen-bond donors (Lipinski definition) is 0. The fourth-order valence-electron chi connectivity index (χ4n) is 1.49. The van der Waals surface area contributed by atoms with Crippen molar-refractivity contribution in [2.45, 2.75) is 50.7 Å². The van der Waals surface area contributed by atoms with Crippen molar-refractivity contribution in [3.8, 4) is 0 Å². The Morgan fingerprint density at radius 2 is 1.92 bits per heavy atom. The molecule has 1 fully saturated rings. The zero-order chi connectivity index (χ0) is 9.52. The third kappa shape index (κ3) is 4.30. The zero-order valence-electron chi connectivity index (χ0n) is 8.30. The Bertz CT molecular complexity index is 124. The molecule has 1 aliphatic rings. The van der Waals surface area contributed by atoms with Crippen LogP contribution in [0.1, 0.15) is 39.0 Å². The molecule has 0 spiro atoms. The molecule has 1 aliphatic heterocycles. The van der Waals surface area contributed by atoms with Crippen LogP contribution in [-0.2, 0) is 9.47 Å². The first kappa shape index (κ1) is 11.3. The molecule has 1 heterocycles. The van der Waals surface area contributed by atoms with Gasteiger partial charge in [0.15, 0.2) is 6.29 Å². The van der Waals surface area contributed by atoms with E-state index in [2.05, 4.69) is 6.92 Å². The lowest BCUT2D eigenvalue weighted by Gasteiger charge is -2.15. The van der Waals surface area contributed by atoms with Gasteiger partial charge in [-0.05, 0) is 6.42 Å². The average Bonchev–Trinajstić information content (AvgIpc) is 2.65. The zero-order valence-corrected chi connectivity index (χ0v) is 9.05. The second-order valence-corrected chi connectivity index (χ2v) is 4.04. The first-order valence-electron chi connectivity index (χ1n) is 5.22. The molecule has 0 radical (unpaired) electrons. The highest BCUT2D eigenvalue weighted by atomic mass is 35.5. The summed E-state index contributed by atoms with van der Waals surface area (Å²) in [7, 11) is 0. The molecular weight excluding hydrogens is 188 g/mol. The van der Waals surface area contributed by atoms with E-state index in [-0.39, 0.29) is 11.7 Å². The standard InChI is InChI=1S/C10H19ClO2/c1-2-3-4-5-6-9(11)10-12-7-8-13-10/h9-10H,2-8H2,1H3. The van der Waals surface area contributed by atoms with E-state index in [1.807, 2.05) is 0 Å². The van der Waals surface area contributed by atoms with Crippen LogP contribution in [0.5, 0.6) is 0 Å². The SMILES string of the molecule is CCCCCCC(Cl)C1OCCO1. The Labute approximate surface area is 85.5 Å². The molecule has 0 amide bonds. The summed E-state index contributed by atoms with van der Waals surface area (Å²) in [6.07, 6.45) is 5.88. The Hall–Kier alpha value is 0.210. The second kappa shape index (κ2) is 6.63. The maximum Gasteiger partial charge on any atom is 0.173 e. The minimum absolute atomic E-state index is 0.0411. The molecular formula is C10H19ClO2. The van der Waals surface area contributed by atoms with Gasteiger partial charge in [-0.25, -0.2) is 0 Å². The lowest BCUT2D eigenvalue weighted by atomic mass is 10.1. The third-order valence-corrected chi connectivity index (χ3v) is 2.70. The molecule has 0 N–H and O–H groups in total. The molecule has 1 rings (SSSR count). The minimum Gasteiger partial charge on any atom is -0.349 e. The van der Waals surface area contributed by atoms with Crippen LogP contribution in [0.2, 0.25) is 0 Å². The van der Waals surface area contributed by atoms with Gasteiger partial charge < -0.3 is 9.47 Å². The summed E-state index contributed by atoms with van der Waals surface area (Å²) in [4.78, 5) is 0. The monoisotopic (exact) mass is 206 g/mol. The summed E-state index contributed by atoms with van der Waals surface area (Å²) < 4.78 is 10.6. The van der Waals surface area contributed by atoms with E-state index in [9.17, 15) is 0 Å². The number of alkyl halides is 1. The van der Waals surface area contributed by atoms with Gasteiger partial charge in [0.05, 0.1) is 18.6 Å². The van der Waals surface area contributed by atoms with Gasteiger partial charge >= 0.3 is 0 Å². The molecule has 3 heteroatoms. The van der Waals surface area contributed by atoms with Crippen LogP contribution in [0.3, 0.4) is 0 Å². The maximum absolute atomic E-state index is 6.12. The molecule has 0 aliphatic carbocycles. The molecule has 1 atom stereocenters. The van der Waals surface area contributed by atoms with Gasteiger partial charge in [0, 0.05) is 0 Å². The lowest BCUT2D eigenvalue weighted by Crippen LogP contribution is -2.21. The van der Waals surface area contributed by atoms with Gasteiger partial charge in [-0.15, -0.1) is 11.6 Å². The molecule has 0 aromatic heterocycles. The van der Waals surface area contributed by atoms with E-state index < -0.39 is 0 Å². The highest BCUT2D eigenvalue weighted by Crippen LogP contribution is 2.19. The summed E-state index contributed by atoms with van der Waals surface area (Å²) in [5.41, 5.74) is 0. The van der Waals surface area contributed by atoms with Crippen molar-refractivity contribution >= 4 is 11.6 Å². The van der Waals surface area contributed by atoms with Gasteiger partial charge in [0.2, 0.25) is 0 Å². The Kier molecular flexibility index (Phi) is 5.76. The number of halogens is 1. The molecule has 0 aromatic rings. The maximum atomic E-state index is 6.12. The predicted molar refractivity (Wildman–Crippen MR) is 54.1 cm³/mol. The van der Waals surface area contributed by atoms with Crippen LogP contribution < -0.4 is 0 Å². The van der Waals surface area contributed by atoms with Gasteiger partial charge in [-0.1, -0.05) is 32.6 Å². The van der Waals surface area contributed by atoms with Gasteiger partial charge in [-0.3, -0.25) is 0 Å².